The van der Waals surface area contributed by atoms with Crippen LogP contribution in [0.15, 0.2) is 0 Å². The van der Waals surface area contributed by atoms with Crippen LogP contribution in [-0.4, -0.2) is 38.1 Å². The molecule has 0 bridgehead atoms. The van der Waals surface area contributed by atoms with Crippen molar-refractivity contribution in [2.24, 2.45) is 11.8 Å². The Kier molecular flexibility index (Phi) is 7.06. The normalized spacial score (nSPS) is 19.5. The largest absolute Gasteiger partial charge is 0.320 e. The second-order valence-corrected chi connectivity index (χ2v) is 5.59. The summed E-state index contributed by atoms with van der Waals surface area (Å²) in [7, 11) is 2.04. The van der Waals surface area contributed by atoms with Crippen molar-refractivity contribution in [3.05, 3.63) is 0 Å². The summed E-state index contributed by atoms with van der Waals surface area (Å²) in [4.78, 5) is 2.66. The van der Waals surface area contributed by atoms with Crippen molar-refractivity contribution >= 4 is 0 Å². The monoisotopic (exact) mass is 226 g/mol. The van der Waals surface area contributed by atoms with Gasteiger partial charge in [-0.3, -0.25) is 0 Å². The van der Waals surface area contributed by atoms with Gasteiger partial charge in [0.2, 0.25) is 0 Å². The second kappa shape index (κ2) is 8.08. The molecule has 0 aliphatic carbocycles. The van der Waals surface area contributed by atoms with Crippen LogP contribution in [0, 0.1) is 11.8 Å². The van der Waals surface area contributed by atoms with Gasteiger partial charge in [0.05, 0.1) is 0 Å². The third-order valence-corrected chi connectivity index (χ3v) is 3.98. The third-order valence-electron chi connectivity index (χ3n) is 3.98. The summed E-state index contributed by atoms with van der Waals surface area (Å²) in [6.45, 7) is 9.93. The zero-order valence-corrected chi connectivity index (χ0v) is 11.5. The molecule has 0 atom stereocenters. The minimum atomic E-state index is 0.887. The Bertz CT molecular complexity index is 160. The van der Waals surface area contributed by atoms with E-state index in [2.05, 4.69) is 24.1 Å². The maximum absolute atomic E-state index is 3.21. The maximum Gasteiger partial charge on any atom is -0.00160 e. The lowest BCUT2D eigenvalue weighted by Gasteiger charge is -2.33. The topological polar surface area (TPSA) is 15.3 Å². The molecule has 16 heavy (non-hydrogen) atoms. The van der Waals surface area contributed by atoms with Crippen molar-refractivity contribution < 1.29 is 0 Å². The maximum atomic E-state index is 3.21. The van der Waals surface area contributed by atoms with E-state index in [1.54, 1.807) is 0 Å². The fourth-order valence-electron chi connectivity index (χ4n) is 2.66. The van der Waals surface area contributed by atoms with E-state index < -0.39 is 0 Å². The van der Waals surface area contributed by atoms with Crippen LogP contribution in [0.5, 0.6) is 0 Å². The Morgan fingerprint density at radius 3 is 2.38 bits per heavy atom. The molecular formula is C14H30N2. The minimum Gasteiger partial charge on any atom is -0.320 e. The van der Waals surface area contributed by atoms with E-state index in [1.807, 2.05) is 7.05 Å². The summed E-state index contributed by atoms with van der Waals surface area (Å²) in [5.74, 6) is 1.87. The number of piperidine rings is 1. The molecule has 1 aliphatic heterocycles. The van der Waals surface area contributed by atoms with Crippen LogP contribution in [0.25, 0.3) is 0 Å². The lowest BCUT2D eigenvalue weighted by atomic mass is 9.87. The number of hydrogen-bond donors (Lipinski definition) is 1. The summed E-state index contributed by atoms with van der Waals surface area (Å²) in [5, 5.41) is 3.21. The van der Waals surface area contributed by atoms with E-state index in [-0.39, 0.29) is 0 Å². The van der Waals surface area contributed by atoms with E-state index in [0.29, 0.717) is 0 Å². The number of rotatable bonds is 7. The van der Waals surface area contributed by atoms with Crippen LogP contribution in [0.2, 0.25) is 0 Å². The molecule has 2 heteroatoms. The van der Waals surface area contributed by atoms with Crippen molar-refractivity contribution in [1.82, 2.24) is 10.2 Å². The molecule has 0 saturated carbocycles. The van der Waals surface area contributed by atoms with Crippen molar-refractivity contribution in [1.29, 1.82) is 0 Å². The molecule has 1 aliphatic rings. The fraction of sp³-hybridized carbons (Fsp3) is 1.00. The summed E-state index contributed by atoms with van der Waals surface area (Å²) in [6, 6.07) is 0. The average Bonchev–Trinajstić information content (AvgIpc) is 2.29. The third kappa shape index (κ3) is 5.31. The van der Waals surface area contributed by atoms with Crippen LogP contribution in [0.3, 0.4) is 0 Å². The number of nitrogens with zero attached hydrogens (tertiary/aromatic N) is 1. The van der Waals surface area contributed by atoms with Crippen molar-refractivity contribution in [3.8, 4) is 0 Å². The van der Waals surface area contributed by atoms with Gasteiger partial charge in [0.1, 0.15) is 0 Å². The Morgan fingerprint density at radius 1 is 1.12 bits per heavy atom. The van der Waals surface area contributed by atoms with E-state index in [9.17, 15) is 0 Å². The minimum absolute atomic E-state index is 0.887. The first-order chi connectivity index (χ1) is 7.74. The van der Waals surface area contributed by atoms with Gasteiger partial charge in [-0.1, -0.05) is 20.3 Å². The first-order valence-electron chi connectivity index (χ1n) is 7.11. The van der Waals surface area contributed by atoms with E-state index in [1.165, 1.54) is 58.3 Å². The van der Waals surface area contributed by atoms with Gasteiger partial charge < -0.3 is 10.2 Å². The number of unbranched alkanes of at least 4 members (excludes halogenated alkanes) is 2. The molecule has 0 spiro atoms. The van der Waals surface area contributed by atoms with Crippen LogP contribution >= 0.6 is 0 Å². The zero-order chi connectivity index (χ0) is 11.8. The van der Waals surface area contributed by atoms with Crippen LogP contribution in [0.1, 0.15) is 46.0 Å². The summed E-state index contributed by atoms with van der Waals surface area (Å²) >= 11 is 0. The first kappa shape index (κ1) is 14.0. The molecule has 1 rings (SSSR count). The molecular weight excluding hydrogens is 196 g/mol. The molecule has 96 valence electrons. The molecule has 1 heterocycles. The molecule has 1 saturated heterocycles. The molecule has 1 fully saturated rings. The highest BCUT2D eigenvalue weighted by molar-refractivity contribution is 4.74. The van der Waals surface area contributed by atoms with Crippen LogP contribution in [-0.2, 0) is 0 Å². The molecule has 0 amide bonds. The van der Waals surface area contributed by atoms with Crippen molar-refractivity contribution in [2.75, 3.05) is 33.2 Å². The number of likely N-dealkylation sites (tertiary alicyclic amines) is 1. The van der Waals surface area contributed by atoms with Gasteiger partial charge in [0.15, 0.2) is 0 Å². The Morgan fingerprint density at radius 2 is 1.81 bits per heavy atom. The number of hydrogen-bond acceptors (Lipinski definition) is 2. The Hall–Kier alpha value is -0.0800. The highest BCUT2D eigenvalue weighted by atomic mass is 15.1. The molecule has 0 aromatic heterocycles. The lowest BCUT2D eigenvalue weighted by Crippen LogP contribution is -2.35. The highest BCUT2D eigenvalue weighted by Gasteiger charge is 2.20. The van der Waals surface area contributed by atoms with Gasteiger partial charge >= 0.3 is 0 Å². The first-order valence-corrected chi connectivity index (χ1v) is 7.11. The van der Waals surface area contributed by atoms with E-state index in [0.717, 1.165) is 11.8 Å². The van der Waals surface area contributed by atoms with Crippen molar-refractivity contribution in [3.63, 3.8) is 0 Å². The van der Waals surface area contributed by atoms with Gasteiger partial charge in [-0.25, -0.2) is 0 Å². The molecule has 0 aromatic carbocycles. The molecule has 0 unspecified atom stereocenters. The molecule has 2 nitrogen and oxygen atoms in total. The number of nitrogens with one attached hydrogen (secondary N) is 1. The van der Waals surface area contributed by atoms with Gasteiger partial charge in [-0.15, -0.1) is 0 Å². The van der Waals surface area contributed by atoms with Gasteiger partial charge in [0, 0.05) is 0 Å². The van der Waals surface area contributed by atoms with E-state index in [4.69, 9.17) is 0 Å². The average molecular weight is 226 g/mol. The summed E-state index contributed by atoms with van der Waals surface area (Å²) in [6.07, 6.45) is 6.94. The SMILES string of the molecule is CNCCCCCN1CCC(C(C)C)CC1. The van der Waals surface area contributed by atoms with E-state index >= 15 is 0 Å². The predicted molar refractivity (Wildman–Crippen MR) is 71.8 cm³/mol. The second-order valence-electron chi connectivity index (χ2n) is 5.59. The molecule has 1 N–H and O–H groups in total. The predicted octanol–water partition coefficient (Wildman–Crippen LogP) is 2.74. The molecule has 0 aromatic rings. The van der Waals surface area contributed by atoms with Crippen LogP contribution in [0.4, 0.5) is 0 Å². The summed E-state index contributed by atoms with van der Waals surface area (Å²) < 4.78 is 0. The standard InChI is InChI=1S/C14H30N2/c1-13(2)14-7-11-16(12-8-14)10-6-4-5-9-15-3/h13-15H,4-12H2,1-3H3. The zero-order valence-electron chi connectivity index (χ0n) is 11.5. The smallest absolute Gasteiger partial charge is 0.00160 e. The molecule has 0 radical (unpaired) electrons. The summed E-state index contributed by atoms with van der Waals surface area (Å²) in [5.41, 5.74) is 0. The highest BCUT2D eigenvalue weighted by Crippen LogP contribution is 2.24. The van der Waals surface area contributed by atoms with Crippen LogP contribution < -0.4 is 5.32 Å². The quantitative estimate of drug-likeness (QED) is 0.672. The Balaban J connectivity index is 1.99. The Labute approximate surface area is 102 Å². The van der Waals surface area contributed by atoms with Crippen molar-refractivity contribution in [2.45, 2.75) is 46.0 Å². The van der Waals surface area contributed by atoms with Gasteiger partial charge in [0.25, 0.3) is 0 Å². The van der Waals surface area contributed by atoms with Gasteiger partial charge in [-0.05, 0) is 70.7 Å². The fourth-order valence-corrected chi connectivity index (χ4v) is 2.66. The lowest BCUT2D eigenvalue weighted by molar-refractivity contribution is 0.156. The van der Waals surface area contributed by atoms with Gasteiger partial charge in [-0.2, -0.15) is 0 Å².